The van der Waals surface area contributed by atoms with E-state index in [9.17, 15) is 0 Å². The zero-order chi connectivity index (χ0) is 25.3. The molecule has 3 aromatic heterocycles. The molecule has 38 heavy (non-hydrogen) atoms. The molecule has 3 heterocycles. The Morgan fingerprint density at radius 2 is 1.21 bits per heavy atom. The second kappa shape index (κ2) is 9.26. The number of para-hydroxylation sites is 2. The minimum atomic E-state index is 0.532. The highest BCUT2D eigenvalue weighted by molar-refractivity contribution is 6.09. The van der Waals surface area contributed by atoms with Crippen LogP contribution in [0.4, 0.5) is 0 Å². The van der Waals surface area contributed by atoms with E-state index in [1.54, 1.807) is 6.20 Å². The molecule has 0 aliphatic rings. The van der Waals surface area contributed by atoms with Crippen LogP contribution < -0.4 is 9.47 Å². The van der Waals surface area contributed by atoms with Gasteiger partial charge < -0.3 is 14.0 Å². The average molecular weight is 495 g/mol. The molecule has 0 saturated heterocycles. The highest BCUT2D eigenvalue weighted by atomic mass is 16.5. The first-order valence-electron chi connectivity index (χ1n) is 12.3. The van der Waals surface area contributed by atoms with E-state index in [-0.39, 0.29) is 0 Å². The van der Waals surface area contributed by atoms with E-state index < -0.39 is 0 Å². The molecule has 7 rings (SSSR count). The second-order valence-corrected chi connectivity index (χ2v) is 8.86. The summed E-state index contributed by atoms with van der Waals surface area (Å²) < 4.78 is 16.1. The van der Waals surface area contributed by atoms with Crippen molar-refractivity contribution in [1.29, 1.82) is 0 Å². The normalized spacial score (nSPS) is 11.2. The lowest BCUT2D eigenvalue weighted by Crippen LogP contribution is -1.95. The van der Waals surface area contributed by atoms with Crippen molar-refractivity contribution in [2.75, 3.05) is 0 Å². The molecule has 7 aromatic rings. The lowest BCUT2D eigenvalue weighted by molar-refractivity contribution is 0.449. The summed E-state index contributed by atoms with van der Waals surface area (Å²) in [4.78, 5) is 4.21. The predicted molar refractivity (Wildman–Crippen MR) is 149 cm³/mol. The maximum absolute atomic E-state index is 6.17. The van der Waals surface area contributed by atoms with E-state index in [4.69, 9.17) is 9.47 Å². The number of aromatic nitrogens is 4. The fourth-order valence-electron chi connectivity index (χ4n) is 4.73. The van der Waals surface area contributed by atoms with Crippen molar-refractivity contribution in [1.82, 2.24) is 19.3 Å². The van der Waals surface area contributed by atoms with E-state index in [2.05, 4.69) is 63.2 Å². The summed E-state index contributed by atoms with van der Waals surface area (Å²) in [6, 6.07) is 37.8. The molecule has 6 heteroatoms. The van der Waals surface area contributed by atoms with Crippen LogP contribution in [0.2, 0.25) is 0 Å². The molecule has 0 bridgehead atoms. The van der Waals surface area contributed by atoms with Gasteiger partial charge in [0.15, 0.2) is 0 Å². The molecule has 0 spiro atoms. The molecule has 182 valence electrons. The zero-order valence-corrected chi connectivity index (χ0v) is 20.3. The fourth-order valence-corrected chi connectivity index (χ4v) is 4.73. The topological polar surface area (TPSA) is 54.1 Å². The van der Waals surface area contributed by atoms with E-state index in [1.165, 1.54) is 10.8 Å². The molecule has 0 aliphatic heterocycles. The Hall–Kier alpha value is -5.36. The Kier molecular flexibility index (Phi) is 5.33. The van der Waals surface area contributed by atoms with Crippen LogP contribution in [-0.2, 0) is 0 Å². The van der Waals surface area contributed by atoms with Crippen molar-refractivity contribution in [3.05, 3.63) is 134 Å². The van der Waals surface area contributed by atoms with Gasteiger partial charge in [-0.25, -0.2) is 9.67 Å². The Morgan fingerprint density at radius 1 is 0.553 bits per heavy atom. The van der Waals surface area contributed by atoms with Gasteiger partial charge in [-0.1, -0.05) is 54.6 Å². The molecule has 0 unspecified atom stereocenters. The number of benzene rings is 4. The van der Waals surface area contributed by atoms with Gasteiger partial charge in [-0.2, -0.15) is 5.10 Å². The number of rotatable bonds is 6. The SMILES string of the molecule is c1ccc(Oc2cccc(Oc3cccc(-n4cc(-n5c6ccccc6c6ccccc65)cn4)c3)c2)nc1. The van der Waals surface area contributed by atoms with Gasteiger partial charge in [-0.15, -0.1) is 0 Å². The molecule has 0 aliphatic carbocycles. The summed E-state index contributed by atoms with van der Waals surface area (Å²) in [6.07, 6.45) is 5.63. The van der Waals surface area contributed by atoms with E-state index in [0.29, 0.717) is 23.1 Å². The summed E-state index contributed by atoms with van der Waals surface area (Å²) in [7, 11) is 0. The van der Waals surface area contributed by atoms with Gasteiger partial charge in [0.05, 0.1) is 34.8 Å². The molecular weight excluding hydrogens is 472 g/mol. The highest BCUT2D eigenvalue weighted by Crippen LogP contribution is 2.32. The third kappa shape index (κ3) is 4.04. The minimum absolute atomic E-state index is 0.532. The lowest BCUT2D eigenvalue weighted by Gasteiger charge is -2.10. The maximum atomic E-state index is 6.17. The smallest absolute Gasteiger partial charge is 0.219 e. The first-order valence-corrected chi connectivity index (χ1v) is 12.3. The summed E-state index contributed by atoms with van der Waals surface area (Å²) >= 11 is 0. The Bertz CT molecular complexity index is 1840. The van der Waals surface area contributed by atoms with Crippen LogP contribution in [0.25, 0.3) is 33.2 Å². The molecule has 0 radical (unpaired) electrons. The highest BCUT2D eigenvalue weighted by Gasteiger charge is 2.13. The number of pyridine rings is 1. The minimum Gasteiger partial charge on any atom is -0.457 e. The van der Waals surface area contributed by atoms with E-state index in [0.717, 1.165) is 22.4 Å². The molecule has 0 saturated carbocycles. The van der Waals surface area contributed by atoms with Gasteiger partial charge in [-0.05, 0) is 42.5 Å². The van der Waals surface area contributed by atoms with Crippen molar-refractivity contribution >= 4 is 21.8 Å². The van der Waals surface area contributed by atoms with Crippen LogP contribution in [-0.4, -0.2) is 19.3 Å². The quantitative estimate of drug-likeness (QED) is 0.235. The summed E-state index contributed by atoms with van der Waals surface area (Å²) in [5.41, 5.74) is 4.19. The van der Waals surface area contributed by atoms with Gasteiger partial charge in [0, 0.05) is 35.2 Å². The first kappa shape index (κ1) is 21.9. The van der Waals surface area contributed by atoms with Gasteiger partial charge >= 0.3 is 0 Å². The molecule has 6 nitrogen and oxygen atoms in total. The molecule has 0 N–H and O–H groups in total. The standard InChI is InChI=1S/C32H22N4O2/c1-3-15-30-28(13-1)29-14-2-4-16-31(29)36(30)24-21-34-35(22-24)23-9-7-10-25(19-23)37-26-11-8-12-27(20-26)38-32-17-5-6-18-33-32/h1-22H. The van der Waals surface area contributed by atoms with Crippen LogP contribution in [0.3, 0.4) is 0 Å². The van der Waals surface area contributed by atoms with Crippen LogP contribution in [0, 0.1) is 0 Å². The third-order valence-corrected chi connectivity index (χ3v) is 6.39. The monoisotopic (exact) mass is 494 g/mol. The van der Waals surface area contributed by atoms with Crippen molar-refractivity contribution in [3.63, 3.8) is 0 Å². The Balaban J connectivity index is 1.18. The number of ether oxygens (including phenoxy) is 2. The molecule has 4 aromatic carbocycles. The number of fused-ring (bicyclic) bond motifs is 3. The molecule has 0 atom stereocenters. The third-order valence-electron chi connectivity index (χ3n) is 6.39. The summed E-state index contributed by atoms with van der Waals surface area (Å²) in [5, 5.41) is 7.12. The lowest BCUT2D eigenvalue weighted by atomic mass is 10.2. The summed E-state index contributed by atoms with van der Waals surface area (Å²) in [5.74, 6) is 2.55. The van der Waals surface area contributed by atoms with Crippen LogP contribution in [0.15, 0.2) is 134 Å². The van der Waals surface area contributed by atoms with Crippen LogP contribution in [0.1, 0.15) is 0 Å². The number of hydrogen-bond acceptors (Lipinski definition) is 4. The first-order chi connectivity index (χ1) is 18.8. The molecular formula is C32H22N4O2. The second-order valence-electron chi connectivity index (χ2n) is 8.86. The number of hydrogen-bond donors (Lipinski definition) is 0. The largest absolute Gasteiger partial charge is 0.457 e. The van der Waals surface area contributed by atoms with Crippen molar-refractivity contribution in [3.8, 4) is 34.5 Å². The summed E-state index contributed by atoms with van der Waals surface area (Å²) in [6.45, 7) is 0. The van der Waals surface area contributed by atoms with E-state index in [1.807, 2.05) is 83.8 Å². The van der Waals surface area contributed by atoms with Crippen LogP contribution >= 0.6 is 0 Å². The zero-order valence-electron chi connectivity index (χ0n) is 20.3. The van der Waals surface area contributed by atoms with Gasteiger partial charge in [0.1, 0.15) is 17.2 Å². The van der Waals surface area contributed by atoms with Crippen molar-refractivity contribution in [2.45, 2.75) is 0 Å². The van der Waals surface area contributed by atoms with Gasteiger partial charge in [-0.3, -0.25) is 0 Å². The van der Waals surface area contributed by atoms with Gasteiger partial charge in [0.25, 0.3) is 0 Å². The van der Waals surface area contributed by atoms with Crippen molar-refractivity contribution in [2.24, 2.45) is 0 Å². The average Bonchev–Trinajstić information content (AvgIpc) is 3.57. The number of nitrogens with zero attached hydrogens (tertiary/aromatic N) is 4. The van der Waals surface area contributed by atoms with E-state index >= 15 is 0 Å². The molecule has 0 fully saturated rings. The van der Waals surface area contributed by atoms with Crippen LogP contribution in [0.5, 0.6) is 23.1 Å². The Labute approximate surface area is 218 Å². The maximum Gasteiger partial charge on any atom is 0.219 e. The fraction of sp³-hybridized carbons (Fsp3) is 0. The molecule has 0 amide bonds. The van der Waals surface area contributed by atoms with Gasteiger partial charge in [0.2, 0.25) is 5.88 Å². The van der Waals surface area contributed by atoms with Crippen molar-refractivity contribution < 1.29 is 9.47 Å². The Morgan fingerprint density at radius 3 is 1.95 bits per heavy atom. The predicted octanol–water partition coefficient (Wildman–Crippen LogP) is 7.95.